The normalized spacial score (nSPS) is 13.5. The lowest BCUT2D eigenvalue weighted by Crippen LogP contribution is -2.11. The molecular formula is C15H25NO. The van der Waals surface area contributed by atoms with Gasteiger partial charge in [-0.3, -0.25) is 0 Å². The van der Waals surface area contributed by atoms with E-state index in [-0.39, 0.29) is 6.04 Å². The van der Waals surface area contributed by atoms with E-state index in [2.05, 4.69) is 25.1 Å². The Morgan fingerprint density at radius 3 is 2.47 bits per heavy atom. The van der Waals surface area contributed by atoms with Crippen LogP contribution in [0.5, 0.6) is 0 Å². The first-order valence-electron chi connectivity index (χ1n) is 6.57. The summed E-state index contributed by atoms with van der Waals surface area (Å²) in [6.45, 7) is 9.71. The van der Waals surface area contributed by atoms with Gasteiger partial charge in [-0.05, 0) is 25.2 Å². The lowest BCUT2D eigenvalue weighted by Gasteiger charge is -2.18. The summed E-state index contributed by atoms with van der Waals surface area (Å²) in [5.74, 6) is 0.584. The number of hydrogen-bond donors (Lipinski definition) is 0. The topological polar surface area (TPSA) is 29.4 Å². The highest BCUT2D eigenvalue weighted by molar-refractivity contribution is 5.33. The van der Waals surface area contributed by atoms with Crippen molar-refractivity contribution in [2.45, 2.75) is 57.9 Å². The van der Waals surface area contributed by atoms with Crippen LogP contribution in [0.2, 0.25) is 0 Å². The Balaban J connectivity index is 4.21. The standard InChI is InChI=1S/C15H25NO/c1-4-7-8-11-14(9-5-2)12-15(10-6-3)16-13-17/h5-6,14-15H,2-4,7-12H2,1H3. The zero-order chi connectivity index (χ0) is 12.9. The van der Waals surface area contributed by atoms with Crippen molar-refractivity contribution in [1.82, 2.24) is 0 Å². The molecule has 0 heterocycles. The van der Waals surface area contributed by atoms with Gasteiger partial charge in [-0.2, -0.15) is 0 Å². The molecule has 0 radical (unpaired) electrons. The molecule has 0 aliphatic heterocycles. The quantitative estimate of drug-likeness (QED) is 0.225. The predicted molar refractivity (Wildman–Crippen MR) is 73.8 cm³/mol. The molecule has 0 aromatic carbocycles. The van der Waals surface area contributed by atoms with Crippen molar-refractivity contribution in [3.8, 4) is 0 Å². The Morgan fingerprint density at radius 1 is 1.24 bits per heavy atom. The van der Waals surface area contributed by atoms with E-state index >= 15 is 0 Å². The van der Waals surface area contributed by atoms with Crippen molar-refractivity contribution in [3.05, 3.63) is 25.3 Å². The smallest absolute Gasteiger partial charge is 0.211 e. The van der Waals surface area contributed by atoms with E-state index < -0.39 is 0 Å². The van der Waals surface area contributed by atoms with Crippen LogP contribution in [-0.4, -0.2) is 12.1 Å². The summed E-state index contributed by atoms with van der Waals surface area (Å²) in [5.41, 5.74) is 0. The molecule has 2 heteroatoms. The summed E-state index contributed by atoms with van der Waals surface area (Å²) in [4.78, 5) is 14.2. The lowest BCUT2D eigenvalue weighted by atomic mass is 9.90. The second kappa shape index (κ2) is 11.3. The average molecular weight is 235 g/mol. The molecule has 0 fully saturated rings. The third-order valence-corrected chi connectivity index (χ3v) is 3.00. The summed E-state index contributed by atoms with van der Waals surface area (Å²) < 4.78 is 0. The number of rotatable bonds is 11. The van der Waals surface area contributed by atoms with E-state index in [4.69, 9.17) is 0 Å². The molecular weight excluding hydrogens is 210 g/mol. The number of isocyanates is 1. The molecule has 0 N–H and O–H groups in total. The van der Waals surface area contributed by atoms with Crippen LogP contribution < -0.4 is 0 Å². The van der Waals surface area contributed by atoms with Gasteiger partial charge in [-0.15, -0.1) is 13.2 Å². The van der Waals surface area contributed by atoms with Crippen LogP contribution in [0.4, 0.5) is 0 Å². The minimum atomic E-state index is 0.0524. The van der Waals surface area contributed by atoms with Gasteiger partial charge >= 0.3 is 0 Å². The first kappa shape index (κ1) is 15.9. The van der Waals surface area contributed by atoms with E-state index in [9.17, 15) is 4.79 Å². The average Bonchev–Trinajstić information content (AvgIpc) is 2.30. The minimum Gasteiger partial charge on any atom is -0.211 e. The third-order valence-electron chi connectivity index (χ3n) is 3.00. The SMILES string of the molecule is C=CCC(CCCCC)CC(CC=C)N=C=O. The van der Waals surface area contributed by atoms with Crippen LogP contribution in [0.25, 0.3) is 0 Å². The largest absolute Gasteiger partial charge is 0.235 e. The number of unbranched alkanes of at least 4 members (excludes halogenated alkanes) is 2. The summed E-state index contributed by atoms with van der Waals surface area (Å²) >= 11 is 0. The summed E-state index contributed by atoms with van der Waals surface area (Å²) in [7, 11) is 0. The molecule has 0 aliphatic carbocycles. The lowest BCUT2D eigenvalue weighted by molar-refractivity contribution is 0.395. The van der Waals surface area contributed by atoms with Gasteiger partial charge in [-0.25, -0.2) is 9.79 Å². The number of allylic oxidation sites excluding steroid dienone is 1. The fraction of sp³-hybridized carbons (Fsp3) is 0.667. The molecule has 0 aliphatic rings. The number of nitrogens with zero attached hydrogens (tertiary/aromatic N) is 1. The zero-order valence-electron chi connectivity index (χ0n) is 11.0. The van der Waals surface area contributed by atoms with Gasteiger partial charge in [0.05, 0.1) is 6.04 Å². The number of hydrogen-bond acceptors (Lipinski definition) is 2. The van der Waals surface area contributed by atoms with Crippen LogP contribution in [-0.2, 0) is 4.79 Å². The van der Waals surface area contributed by atoms with Crippen LogP contribution >= 0.6 is 0 Å². The first-order valence-corrected chi connectivity index (χ1v) is 6.57. The van der Waals surface area contributed by atoms with Gasteiger partial charge in [-0.1, -0.05) is 44.8 Å². The van der Waals surface area contributed by atoms with Crippen molar-refractivity contribution >= 4 is 6.08 Å². The highest BCUT2D eigenvalue weighted by Crippen LogP contribution is 2.22. The van der Waals surface area contributed by atoms with E-state index in [0.29, 0.717) is 5.92 Å². The molecule has 0 aromatic rings. The molecule has 17 heavy (non-hydrogen) atoms. The highest BCUT2D eigenvalue weighted by Gasteiger charge is 2.13. The molecule has 0 saturated heterocycles. The van der Waals surface area contributed by atoms with E-state index in [1.54, 1.807) is 6.08 Å². The van der Waals surface area contributed by atoms with Crippen molar-refractivity contribution in [3.63, 3.8) is 0 Å². The first-order chi connectivity index (χ1) is 8.28. The van der Waals surface area contributed by atoms with E-state index in [1.807, 2.05) is 12.2 Å². The Kier molecular flexibility index (Phi) is 10.6. The summed E-state index contributed by atoms with van der Waals surface area (Å²) in [6.07, 6.45) is 13.1. The highest BCUT2D eigenvalue weighted by atomic mass is 16.1. The molecule has 0 amide bonds. The summed E-state index contributed by atoms with van der Waals surface area (Å²) in [6, 6.07) is 0.0524. The van der Waals surface area contributed by atoms with Crippen molar-refractivity contribution in [2.24, 2.45) is 10.9 Å². The third kappa shape index (κ3) is 8.65. The maximum absolute atomic E-state index is 10.3. The van der Waals surface area contributed by atoms with Gasteiger partial charge in [0.2, 0.25) is 6.08 Å². The Bertz CT molecular complexity index is 254. The molecule has 2 atom stereocenters. The fourth-order valence-corrected chi connectivity index (χ4v) is 2.10. The van der Waals surface area contributed by atoms with Crippen LogP contribution in [0.1, 0.15) is 51.9 Å². The molecule has 2 unspecified atom stereocenters. The minimum absolute atomic E-state index is 0.0524. The van der Waals surface area contributed by atoms with Gasteiger partial charge in [0, 0.05) is 0 Å². The molecule has 0 bridgehead atoms. The molecule has 0 spiro atoms. The second-order valence-corrected chi connectivity index (χ2v) is 4.52. The van der Waals surface area contributed by atoms with E-state index in [1.165, 1.54) is 25.7 Å². The summed E-state index contributed by atoms with van der Waals surface area (Å²) in [5, 5.41) is 0. The molecule has 0 rings (SSSR count). The Morgan fingerprint density at radius 2 is 1.94 bits per heavy atom. The molecule has 0 saturated carbocycles. The van der Waals surface area contributed by atoms with Gasteiger partial charge < -0.3 is 0 Å². The maximum Gasteiger partial charge on any atom is 0.235 e. The molecule has 2 nitrogen and oxygen atoms in total. The fourth-order valence-electron chi connectivity index (χ4n) is 2.10. The Hall–Kier alpha value is -1.14. The van der Waals surface area contributed by atoms with Crippen LogP contribution in [0.3, 0.4) is 0 Å². The second-order valence-electron chi connectivity index (χ2n) is 4.52. The predicted octanol–water partition coefficient (Wildman–Crippen LogP) is 4.43. The molecule has 0 aromatic heterocycles. The Labute approximate surface area is 106 Å². The number of carbonyl (C=O) groups excluding carboxylic acids is 1. The van der Waals surface area contributed by atoms with Crippen molar-refractivity contribution < 1.29 is 4.79 Å². The van der Waals surface area contributed by atoms with Crippen molar-refractivity contribution in [2.75, 3.05) is 0 Å². The molecule has 96 valence electrons. The van der Waals surface area contributed by atoms with Crippen molar-refractivity contribution in [1.29, 1.82) is 0 Å². The monoisotopic (exact) mass is 235 g/mol. The van der Waals surface area contributed by atoms with Gasteiger partial charge in [0.15, 0.2) is 0 Å². The van der Waals surface area contributed by atoms with Crippen LogP contribution in [0.15, 0.2) is 30.3 Å². The zero-order valence-corrected chi connectivity index (χ0v) is 11.0. The van der Waals surface area contributed by atoms with Gasteiger partial charge in [0.25, 0.3) is 0 Å². The van der Waals surface area contributed by atoms with E-state index in [0.717, 1.165) is 19.3 Å². The maximum atomic E-state index is 10.3. The van der Waals surface area contributed by atoms with Crippen LogP contribution in [0, 0.1) is 5.92 Å². The van der Waals surface area contributed by atoms with Gasteiger partial charge in [0.1, 0.15) is 0 Å². The number of aliphatic imine (C=N–C) groups is 1.